The third-order valence-electron chi connectivity index (χ3n) is 3.94. The highest BCUT2D eigenvalue weighted by Gasteiger charge is 2.12. The van der Waals surface area contributed by atoms with Gasteiger partial charge < -0.3 is 10.6 Å². The second-order valence-electron chi connectivity index (χ2n) is 6.59. The monoisotopic (exact) mass is 354 g/mol. The van der Waals surface area contributed by atoms with Gasteiger partial charge in [-0.2, -0.15) is 0 Å². The number of nitrogens with zero attached hydrogens (tertiary/aromatic N) is 2. The Kier molecular flexibility index (Phi) is 6.83. The first kappa shape index (κ1) is 19.6. The van der Waals surface area contributed by atoms with Crippen LogP contribution in [0.2, 0.25) is 0 Å². The molecule has 0 unspecified atom stereocenters. The smallest absolute Gasteiger partial charge is 0.274 e. The lowest BCUT2D eigenvalue weighted by atomic mass is 10.1. The van der Waals surface area contributed by atoms with E-state index in [0.717, 1.165) is 24.1 Å². The van der Waals surface area contributed by atoms with Crippen LogP contribution >= 0.6 is 0 Å². The van der Waals surface area contributed by atoms with Crippen molar-refractivity contribution in [2.24, 2.45) is 0 Å². The number of benzene rings is 1. The molecule has 1 aromatic carbocycles. The number of hydrogen-bond donors (Lipinski definition) is 2. The van der Waals surface area contributed by atoms with Crippen molar-refractivity contribution in [1.82, 2.24) is 9.97 Å². The number of amides is 2. The lowest BCUT2D eigenvalue weighted by molar-refractivity contribution is -0.116. The average molecular weight is 354 g/mol. The molecule has 2 amide bonds. The predicted octanol–water partition coefficient (Wildman–Crippen LogP) is 4.29. The van der Waals surface area contributed by atoms with Crippen LogP contribution in [-0.2, 0) is 4.79 Å². The maximum atomic E-state index is 12.4. The molecule has 0 saturated heterocycles. The van der Waals surface area contributed by atoms with Gasteiger partial charge in [-0.25, -0.2) is 9.97 Å². The van der Waals surface area contributed by atoms with Gasteiger partial charge in [0.25, 0.3) is 5.91 Å². The minimum atomic E-state index is -0.284. The highest BCUT2D eigenvalue weighted by molar-refractivity contribution is 6.03. The van der Waals surface area contributed by atoms with Gasteiger partial charge in [0.15, 0.2) is 0 Å². The Morgan fingerprint density at radius 2 is 1.92 bits per heavy atom. The lowest BCUT2D eigenvalue weighted by Crippen LogP contribution is -2.16. The fraction of sp³-hybridized carbons (Fsp3) is 0.400. The zero-order valence-electron chi connectivity index (χ0n) is 15.8. The number of hydrogen-bond acceptors (Lipinski definition) is 4. The SMILES string of the molecule is CCCCC(=O)Nc1ccc(NC(=O)c2ccnc(C(C)C)n2)cc1C. The molecule has 0 atom stereocenters. The van der Waals surface area contributed by atoms with Crippen LogP contribution in [0.4, 0.5) is 11.4 Å². The van der Waals surface area contributed by atoms with Gasteiger partial charge in [-0.1, -0.05) is 27.2 Å². The number of unbranched alkanes of at least 4 members (excludes halogenated alkanes) is 1. The molecule has 0 saturated carbocycles. The first-order chi connectivity index (χ1) is 12.4. The topological polar surface area (TPSA) is 84.0 Å². The van der Waals surface area contributed by atoms with E-state index in [9.17, 15) is 9.59 Å². The molecule has 0 aliphatic carbocycles. The van der Waals surface area contributed by atoms with Crippen molar-refractivity contribution in [3.8, 4) is 0 Å². The molecule has 2 rings (SSSR count). The molecular formula is C20H26N4O2. The molecule has 2 aromatic rings. The first-order valence-corrected chi connectivity index (χ1v) is 8.95. The second kappa shape index (κ2) is 9.08. The summed E-state index contributed by atoms with van der Waals surface area (Å²) in [6.07, 6.45) is 3.97. The number of rotatable bonds is 7. The molecule has 0 aliphatic heterocycles. The van der Waals surface area contributed by atoms with Gasteiger partial charge >= 0.3 is 0 Å². The summed E-state index contributed by atoms with van der Waals surface area (Å²) in [7, 11) is 0. The van der Waals surface area contributed by atoms with Crippen LogP contribution in [0.5, 0.6) is 0 Å². The summed E-state index contributed by atoms with van der Waals surface area (Å²) in [5, 5.41) is 5.74. The Morgan fingerprint density at radius 1 is 1.15 bits per heavy atom. The maximum Gasteiger partial charge on any atom is 0.274 e. The number of aryl methyl sites for hydroxylation is 1. The second-order valence-corrected chi connectivity index (χ2v) is 6.59. The minimum Gasteiger partial charge on any atom is -0.326 e. The molecule has 1 heterocycles. The van der Waals surface area contributed by atoms with E-state index in [0.29, 0.717) is 23.6 Å². The van der Waals surface area contributed by atoms with Gasteiger partial charge in [-0.05, 0) is 43.2 Å². The average Bonchev–Trinajstić information content (AvgIpc) is 2.62. The summed E-state index contributed by atoms with van der Waals surface area (Å²) in [5.41, 5.74) is 2.63. The van der Waals surface area contributed by atoms with Crippen molar-refractivity contribution < 1.29 is 9.59 Å². The zero-order chi connectivity index (χ0) is 19.1. The fourth-order valence-electron chi connectivity index (χ4n) is 2.41. The van der Waals surface area contributed by atoms with Gasteiger partial charge in [-0.3, -0.25) is 9.59 Å². The quantitative estimate of drug-likeness (QED) is 0.777. The van der Waals surface area contributed by atoms with Gasteiger partial charge in [0.05, 0.1) is 0 Å². The third kappa shape index (κ3) is 5.37. The maximum absolute atomic E-state index is 12.4. The highest BCUT2D eigenvalue weighted by atomic mass is 16.2. The molecule has 6 nitrogen and oxygen atoms in total. The van der Waals surface area contributed by atoms with Gasteiger partial charge in [0.2, 0.25) is 5.91 Å². The van der Waals surface area contributed by atoms with E-state index in [-0.39, 0.29) is 17.7 Å². The minimum absolute atomic E-state index is 0.00827. The molecule has 138 valence electrons. The molecule has 1 aromatic heterocycles. The van der Waals surface area contributed by atoms with Crippen LogP contribution in [0.25, 0.3) is 0 Å². The lowest BCUT2D eigenvalue weighted by Gasteiger charge is -2.11. The van der Waals surface area contributed by atoms with Crippen LogP contribution in [0.3, 0.4) is 0 Å². The van der Waals surface area contributed by atoms with Gasteiger partial charge in [0.1, 0.15) is 11.5 Å². The summed E-state index contributed by atoms with van der Waals surface area (Å²) < 4.78 is 0. The molecule has 2 N–H and O–H groups in total. The number of anilines is 2. The highest BCUT2D eigenvalue weighted by Crippen LogP contribution is 2.21. The number of carbonyl (C=O) groups excluding carboxylic acids is 2. The van der Waals surface area contributed by atoms with Crippen LogP contribution in [0, 0.1) is 6.92 Å². The Labute approximate surface area is 154 Å². The van der Waals surface area contributed by atoms with E-state index in [2.05, 4.69) is 27.5 Å². The van der Waals surface area contributed by atoms with Crippen LogP contribution < -0.4 is 10.6 Å². The van der Waals surface area contributed by atoms with Crippen LogP contribution in [-0.4, -0.2) is 21.8 Å². The van der Waals surface area contributed by atoms with Crippen molar-refractivity contribution in [1.29, 1.82) is 0 Å². The largest absolute Gasteiger partial charge is 0.326 e. The zero-order valence-corrected chi connectivity index (χ0v) is 15.8. The molecular weight excluding hydrogens is 328 g/mol. The number of nitrogens with one attached hydrogen (secondary N) is 2. The van der Waals surface area contributed by atoms with E-state index in [1.807, 2.05) is 26.8 Å². The standard InChI is InChI=1S/C20H26N4O2/c1-5-6-7-18(25)23-16-9-8-15(12-14(16)4)22-20(26)17-10-11-21-19(24-17)13(2)3/h8-13H,5-7H2,1-4H3,(H,22,26)(H,23,25). The Balaban J connectivity index is 2.06. The fourth-order valence-corrected chi connectivity index (χ4v) is 2.41. The molecule has 0 spiro atoms. The van der Waals surface area contributed by atoms with Crippen molar-refractivity contribution in [2.45, 2.75) is 52.9 Å². The van der Waals surface area contributed by atoms with E-state index in [1.54, 1.807) is 24.4 Å². The normalized spacial score (nSPS) is 10.7. The predicted molar refractivity (Wildman–Crippen MR) is 103 cm³/mol. The summed E-state index contributed by atoms with van der Waals surface area (Å²) in [6, 6.07) is 6.99. The van der Waals surface area contributed by atoms with Gasteiger partial charge in [0, 0.05) is 29.9 Å². The molecule has 0 radical (unpaired) electrons. The van der Waals surface area contributed by atoms with Crippen molar-refractivity contribution in [2.75, 3.05) is 10.6 Å². The summed E-state index contributed by atoms with van der Waals surface area (Å²) in [4.78, 5) is 32.7. The molecule has 0 bridgehead atoms. The Hall–Kier alpha value is -2.76. The molecule has 6 heteroatoms. The summed E-state index contributed by atoms with van der Waals surface area (Å²) >= 11 is 0. The number of aromatic nitrogens is 2. The molecule has 0 fully saturated rings. The van der Waals surface area contributed by atoms with Gasteiger partial charge in [-0.15, -0.1) is 0 Å². The summed E-state index contributed by atoms with van der Waals surface area (Å²) in [6.45, 7) is 7.91. The van der Waals surface area contributed by atoms with E-state index in [4.69, 9.17) is 0 Å². The van der Waals surface area contributed by atoms with E-state index < -0.39 is 0 Å². The Bertz CT molecular complexity index is 787. The number of carbonyl (C=O) groups is 2. The molecule has 26 heavy (non-hydrogen) atoms. The Morgan fingerprint density at radius 3 is 2.58 bits per heavy atom. The van der Waals surface area contributed by atoms with Crippen LogP contribution in [0.15, 0.2) is 30.5 Å². The third-order valence-corrected chi connectivity index (χ3v) is 3.94. The van der Waals surface area contributed by atoms with E-state index >= 15 is 0 Å². The summed E-state index contributed by atoms with van der Waals surface area (Å²) in [5.74, 6) is 0.516. The van der Waals surface area contributed by atoms with Crippen molar-refractivity contribution in [3.63, 3.8) is 0 Å². The van der Waals surface area contributed by atoms with Crippen molar-refractivity contribution >= 4 is 23.2 Å². The molecule has 0 aliphatic rings. The van der Waals surface area contributed by atoms with Crippen LogP contribution in [0.1, 0.15) is 67.8 Å². The van der Waals surface area contributed by atoms with E-state index in [1.165, 1.54) is 0 Å². The first-order valence-electron chi connectivity index (χ1n) is 8.95. The van der Waals surface area contributed by atoms with Crippen molar-refractivity contribution in [3.05, 3.63) is 47.5 Å².